The van der Waals surface area contributed by atoms with E-state index in [1.165, 1.54) is 0 Å². The van der Waals surface area contributed by atoms with Crippen LogP contribution in [0.1, 0.15) is 36.8 Å². The predicted octanol–water partition coefficient (Wildman–Crippen LogP) is 3.09. The summed E-state index contributed by atoms with van der Waals surface area (Å²) in [6, 6.07) is 17.4. The molecule has 2 aromatic carbocycles. The zero-order valence-electron chi connectivity index (χ0n) is 15.8. The van der Waals surface area contributed by atoms with Crippen molar-refractivity contribution in [3.05, 3.63) is 65.7 Å². The minimum absolute atomic E-state index is 0.0254. The first kappa shape index (κ1) is 18.5. The lowest BCUT2D eigenvalue weighted by Crippen LogP contribution is -2.39. The van der Waals surface area contributed by atoms with E-state index < -0.39 is 5.60 Å². The van der Waals surface area contributed by atoms with E-state index in [0.717, 1.165) is 37.1 Å². The summed E-state index contributed by atoms with van der Waals surface area (Å²) in [5, 5.41) is 30.7. The number of aromatic hydroxyl groups is 1. The van der Waals surface area contributed by atoms with Crippen LogP contribution in [0.3, 0.4) is 0 Å². The Morgan fingerprint density at radius 2 is 1.59 bits per heavy atom. The molecule has 27 heavy (non-hydrogen) atoms. The van der Waals surface area contributed by atoms with E-state index in [1.54, 1.807) is 12.1 Å². The Morgan fingerprint density at radius 1 is 1.00 bits per heavy atom. The topological polar surface area (TPSA) is 63.9 Å². The molecule has 4 heteroatoms. The van der Waals surface area contributed by atoms with Crippen molar-refractivity contribution in [2.75, 3.05) is 19.7 Å². The Labute approximate surface area is 161 Å². The lowest BCUT2D eigenvalue weighted by Gasteiger charge is -2.33. The summed E-state index contributed by atoms with van der Waals surface area (Å²) in [6.45, 7) is 4.20. The number of nitrogens with zero attached hydrogens (tertiary/aromatic N) is 1. The van der Waals surface area contributed by atoms with Crippen molar-refractivity contribution in [1.29, 1.82) is 0 Å². The van der Waals surface area contributed by atoms with Gasteiger partial charge in [0.2, 0.25) is 0 Å². The summed E-state index contributed by atoms with van der Waals surface area (Å²) in [4.78, 5) is 2.47. The summed E-state index contributed by atoms with van der Waals surface area (Å²) in [5.41, 5.74) is 1.40. The van der Waals surface area contributed by atoms with Gasteiger partial charge in [-0.25, -0.2) is 0 Å². The zero-order chi connectivity index (χ0) is 19.0. The molecular weight excluding hydrogens is 338 g/mol. The molecule has 0 bridgehead atoms. The van der Waals surface area contributed by atoms with Crippen molar-refractivity contribution in [2.24, 2.45) is 11.8 Å². The van der Waals surface area contributed by atoms with Gasteiger partial charge in [0.1, 0.15) is 5.75 Å². The summed E-state index contributed by atoms with van der Waals surface area (Å²) >= 11 is 0. The molecule has 2 aliphatic rings. The molecule has 2 fully saturated rings. The second kappa shape index (κ2) is 7.27. The molecule has 4 rings (SSSR count). The van der Waals surface area contributed by atoms with Crippen LogP contribution in [0.4, 0.5) is 0 Å². The van der Waals surface area contributed by atoms with Crippen LogP contribution >= 0.6 is 0 Å². The number of phenolic OH excluding ortho intramolecular Hbond substituents is 1. The van der Waals surface area contributed by atoms with Crippen molar-refractivity contribution >= 4 is 0 Å². The third-order valence-corrected chi connectivity index (χ3v) is 6.79. The minimum Gasteiger partial charge on any atom is -0.508 e. The number of rotatable bonds is 5. The van der Waals surface area contributed by atoms with Crippen LogP contribution in [-0.2, 0) is 5.60 Å². The van der Waals surface area contributed by atoms with Crippen molar-refractivity contribution < 1.29 is 15.3 Å². The fourth-order valence-electron chi connectivity index (χ4n) is 5.22. The number of aliphatic hydroxyl groups excluding tert-OH is 1. The van der Waals surface area contributed by atoms with Gasteiger partial charge < -0.3 is 15.3 Å². The first-order chi connectivity index (χ1) is 13.0. The summed E-state index contributed by atoms with van der Waals surface area (Å²) < 4.78 is 0. The second-order valence-electron chi connectivity index (χ2n) is 8.40. The highest BCUT2D eigenvalue weighted by atomic mass is 16.3. The minimum atomic E-state index is -0.695. The second-order valence-corrected chi connectivity index (χ2v) is 8.40. The van der Waals surface area contributed by atoms with Gasteiger partial charge in [-0.3, -0.25) is 4.90 Å². The van der Waals surface area contributed by atoms with Gasteiger partial charge in [-0.15, -0.1) is 0 Å². The summed E-state index contributed by atoms with van der Waals surface area (Å²) in [7, 11) is 0. The number of hydrogen-bond donors (Lipinski definition) is 3. The fraction of sp³-hybridized carbons (Fsp3) is 0.478. The standard InChI is InChI=1S/C23H29NO3/c1-16(22(15-25)17-7-9-21(26)10-8-17)24-13-18-11-23(27,12-19(18)14-24)20-5-3-2-4-6-20/h2-10,16,18-19,22,25-27H,11-15H2,1H3/t16?,18-,19+,22?,23-. The fourth-order valence-corrected chi connectivity index (χ4v) is 5.22. The summed E-state index contributed by atoms with van der Waals surface area (Å²) in [6.07, 6.45) is 1.63. The molecule has 2 unspecified atom stereocenters. The molecule has 4 nitrogen and oxygen atoms in total. The highest BCUT2D eigenvalue weighted by Gasteiger charge is 2.50. The third kappa shape index (κ3) is 3.49. The van der Waals surface area contributed by atoms with E-state index in [2.05, 4.69) is 11.8 Å². The molecule has 0 spiro atoms. The van der Waals surface area contributed by atoms with E-state index in [0.29, 0.717) is 11.8 Å². The highest BCUT2D eigenvalue weighted by molar-refractivity contribution is 5.30. The molecule has 1 aliphatic heterocycles. The van der Waals surface area contributed by atoms with Crippen molar-refractivity contribution in [2.45, 2.75) is 37.3 Å². The molecule has 144 valence electrons. The predicted molar refractivity (Wildman–Crippen MR) is 106 cm³/mol. The van der Waals surface area contributed by atoms with Crippen LogP contribution in [0.2, 0.25) is 0 Å². The van der Waals surface area contributed by atoms with Crippen LogP contribution in [0, 0.1) is 11.8 Å². The molecule has 1 heterocycles. The first-order valence-electron chi connectivity index (χ1n) is 9.92. The van der Waals surface area contributed by atoms with Gasteiger partial charge in [0.15, 0.2) is 0 Å². The maximum Gasteiger partial charge on any atom is 0.115 e. The Hall–Kier alpha value is -1.88. The normalized spacial score (nSPS) is 30.2. The first-order valence-corrected chi connectivity index (χ1v) is 9.92. The molecule has 0 aromatic heterocycles. The van der Waals surface area contributed by atoms with Gasteiger partial charge >= 0.3 is 0 Å². The zero-order valence-corrected chi connectivity index (χ0v) is 15.8. The molecular formula is C23H29NO3. The lowest BCUT2D eigenvalue weighted by molar-refractivity contribution is 0.0283. The molecule has 1 saturated carbocycles. The van der Waals surface area contributed by atoms with Crippen molar-refractivity contribution in [3.63, 3.8) is 0 Å². The van der Waals surface area contributed by atoms with E-state index in [9.17, 15) is 15.3 Å². The number of aliphatic hydroxyl groups is 2. The van der Waals surface area contributed by atoms with Crippen LogP contribution in [0.15, 0.2) is 54.6 Å². The van der Waals surface area contributed by atoms with E-state index >= 15 is 0 Å². The van der Waals surface area contributed by atoms with Crippen LogP contribution < -0.4 is 0 Å². The third-order valence-electron chi connectivity index (χ3n) is 6.79. The number of fused-ring (bicyclic) bond motifs is 1. The van der Waals surface area contributed by atoms with Gasteiger partial charge in [0, 0.05) is 25.0 Å². The van der Waals surface area contributed by atoms with Gasteiger partial charge in [-0.2, -0.15) is 0 Å². The van der Waals surface area contributed by atoms with Gasteiger partial charge in [-0.05, 0) is 54.9 Å². The monoisotopic (exact) mass is 367 g/mol. The molecule has 0 amide bonds. The van der Waals surface area contributed by atoms with Crippen LogP contribution in [0.5, 0.6) is 5.75 Å². The number of phenols is 1. The quantitative estimate of drug-likeness (QED) is 0.760. The molecule has 1 aliphatic carbocycles. The van der Waals surface area contributed by atoms with Gasteiger partial charge in [0.25, 0.3) is 0 Å². The number of benzene rings is 2. The van der Waals surface area contributed by atoms with Gasteiger partial charge in [0.05, 0.1) is 12.2 Å². The van der Waals surface area contributed by atoms with Crippen molar-refractivity contribution in [1.82, 2.24) is 4.90 Å². The molecule has 0 radical (unpaired) electrons. The average molecular weight is 367 g/mol. The van der Waals surface area contributed by atoms with Gasteiger partial charge in [-0.1, -0.05) is 42.5 Å². The summed E-state index contributed by atoms with van der Waals surface area (Å²) in [5.74, 6) is 1.27. The molecule has 2 aromatic rings. The Morgan fingerprint density at radius 3 is 2.15 bits per heavy atom. The smallest absolute Gasteiger partial charge is 0.115 e. The Balaban J connectivity index is 1.44. The van der Waals surface area contributed by atoms with E-state index in [4.69, 9.17) is 0 Å². The van der Waals surface area contributed by atoms with Crippen LogP contribution in [0.25, 0.3) is 0 Å². The lowest BCUT2D eigenvalue weighted by atomic mass is 9.89. The maximum absolute atomic E-state index is 11.2. The number of hydrogen-bond acceptors (Lipinski definition) is 4. The van der Waals surface area contributed by atoms with Crippen molar-refractivity contribution in [3.8, 4) is 5.75 Å². The maximum atomic E-state index is 11.2. The number of likely N-dealkylation sites (tertiary alicyclic amines) is 1. The Kier molecular flexibility index (Phi) is 4.97. The molecule has 3 N–H and O–H groups in total. The largest absolute Gasteiger partial charge is 0.508 e. The van der Waals surface area contributed by atoms with Crippen LogP contribution in [-0.4, -0.2) is 46.0 Å². The van der Waals surface area contributed by atoms with E-state index in [1.807, 2.05) is 42.5 Å². The van der Waals surface area contributed by atoms with E-state index in [-0.39, 0.29) is 24.3 Å². The highest BCUT2D eigenvalue weighted by Crippen LogP contribution is 2.49. The SMILES string of the molecule is CC(C(CO)c1ccc(O)cc1)N1C[C@@H]2C[C@@](O)(c3ccccc3)C[C@@H]2C1. The molecule has 5 atom stereocenters. The average Bonchev–Trinajstić information content (AvgIpc) is 3.20. The Bertz CT molecular complexity index is 747. The molecule has 1 saturated heterocycles.